The monoisotopic (exact) mass is 267 g/mol. The summed E-state index contributed by atoms with van der Waals surface area (Å²) in [5.41, 5.74) is 11.5. The Balaban J connectivity index is 2.19. The Morgan fingerprint density at radius 1 is 1.10 bits per heavy atom. The summed E-state index contributed by atoms with van der Waals surface area (Å²) in [5.74, 6) is 0.883. The lowest BCUT2D eigenvalue weighted by molar-refractivity contribution is 0.404. The topological polar surface area (TPSA) is 35.2 Å². The highest BCUT2D eigenvalue weighted by Crippen LogP contribution is 2.41. The predicted molar refractivity (Wildman–Crippen MR) is 82.1 cm³/mol. The van der Waals surface area contributed by atoms with Crippen molar-refractivity contribution in [3.63, 3.8) is 0 Å². The van der Waals surface area contributed by atoms with E-state index in [-0.39, 0.29) is 0 Å². The van der Waals surface area contributed by atoms with Crippen LogP contribution in [0.15, 0.2) is 42.5 Å². The number of fused-ring (bicyclic) bond motifs is 1. The van der Waals surface area contributed by atoms with Gasteiger partial charge in [0.1, 0.15) is 5.75 Å². The summed E-state index contributed by atoms with van der Waals surface area (Å²) in [6.45, 7) is 2.14. The van der Waals surface area contributed by atoms with Crippen LogP contribution < -0.4 is 10.5 Å². The average molecular weight is 267 g/mol. The molecule has 0 spiro atoms. The zero-order valence-electron chi connectivity index (χ0n) is 12.1. The molecule has 2 aromatic rings. The zero-order chi connectivity index (χ0) is 14.2. The van der Waals surface area contributed by atoms with E-state index >= 15 is 0 Å². The van der Waals surface area contributed by atoms with E-state index in [1.54, 1.807) is 7.11 Å². The predicted octanol–water partition coefficient (Wildman–Crippen LogP) is 3.54. The molecule has 2 nitrogen and oxygen atoms in total. The van der Waals surface area contributed by atoms with Crippen LogP contribution >= 0.6 is 0 Å². The minimum Gasteiger partial charge on any atom is -0.497 e. The Morgan fingerprint density at radius 3 is 2.65 bits per heavy atom. The first-order chi connectivity index (χ1) is 9.65. The van der Waals surface area contributed by atoms with Crippen LogP contribution in [0.1, 0.15) is 35.1 Å². The molecule has 0 amide bonds. The van der Waals surface area contributed by atoms with Crippen molar-refractivity contribution >= 4 is 0 Å². The van der Waals surface area contributed by atoms with Gasteiger partial charge in [0.05, 0.1) is 12.6 Å². The fraction of sp³-hybridized carbons (Fsp3) is 0.333. The van der Waals surface area contributed by atoms with Gasteiger partial charge >= 0.3 is 0 Å². The van der Waals surface area contributed by atoms with Gasteiger partial charge in [-0.1, -0.05) is 30.3 Å². The molecule has 0 saturated heterocycles. The van der Waals surface area contributed by atoms with Crippen molar-refractivity contribution in [2.75, 3.05) is 7.11 Å². The fourth-order valence-corrected chi connectivity index (χ4v) is 3.36. The summed E-state index contributed by atoms with van der Waals surface area (Å²) in [4.78, 5) is 0. The molecule has 20 heavy (non-hydrogen) atoms. The molecule has 0 saturated carbocycles. The highest BCUT2D eigenvalue weighted by molar-refractivity contribution is 5.49. The highest BCUT2D eigenvalue weighted by atomic mass is 16.5. The number of benzene rings is 2. The smallest absolute Gasteiger partial charge is 0.119 e. The number of nitrogens with two attached hydrogens (primary N) is 1. The van der Waals surface area contributed by atoms with Crippen molar-refractivity contribution in [1.82, 2.24) is 0 Å². The lowest BCUT2D eigenvalue weighted by Crippen LogP contribution is -2.41. The molecular weight excluding hydrogens is 246 g/mol. The van der Waals surface area contributed by atoms with E-state index in [0.717, 1.165) is 25.0 Å². The van der Waals surface area contributed by atoms with Crippen LogP contribution in [-0.4, -0.2) is 7.11 Å². The Kier molecular flexibility index (Phi) is 3.27. The first-order valence-electron chi connectivity index (χ1n) is 7.17. The van der Waals surface area contributed by atoms with Crippen LogP contribution in [-0.2, 0) is 12.0 Å². The number of aryl methyl sites for hydroxylation is 2. The van der Waals surface area contributed by atoms with Crippen LogP contribution in [0.2, 0.25) is 0 Å². The van der Waals surface area contributed by atoms with E-state index in [1.165, 1.54) is 22.3 Å². The third-order valence-corrected chi connectivity index (χ3v) is 4.44. The third-order valence-electron chi connectivity index (χ3n) is 4.44. The molecule has 3 rings (SSSR count). The minimum atomic E-state index is -0.395. The van der Waals surface area contributed by atoms with E-state index in [0.29, 0.717) is 0 Å². The number of rotatable bonds is 2. The van der Waals surface area contributed by atoms with Gasteiger partial charge in [-0.15, -0.1) is 0 Å². The molecule has 1 atom stereocenters. The van der Waals surface area contributed by atoms with Crippen molar-refractivity contribution in [1.29, 1.82) is 0 Å². The van der Waals surface area contributed by atoms with Gasteiger partial charge in [-0.25, -0.2) is 0 Å². The molecule has 0 aromatic heterocycles. The van der Waals surface area contributed by atoms with Gasteiger partial charge in [0.2, 0.25) is 0 Å². The van der Waals surface area contributed by atoms with E-state index < -0.39 is 5.54 Å². The second-order valence-electron chi connectivity index (χ2n) is 5.66. The largest absolute Gasteiger partial charge is 0.497 e. The first-order valence-corrected chi connectivity index (χ1v) is 7.17. The standard InChI is InChI=1S/C18H21NO/c1-13-6-3-4-8-16(13)18(19)11-5-7-14-9-10-15(20-2)12-17(14)18/h3-4,6,8-10,12H,5,7,11,19H2,1-2H3. The van der Waals surface area contributed by atoms with Crippen molar-refractivity contribution in [3.8, 4) is 5.75 Å². The highest BCUT2D eigenvalue weighted by Gasteiger charge is 2.35. The number of ether oxygens (including phenoxy) is 1. The summed E-state index contributed by atoms with van der Waals surface area (Å²) in [7, 11) is 1.70. The van der Waals surface area contributed by atoms with Gasteiger partial charge in [0.25, 0.3) is 0 Å². The molecule has 0 radical (unpaired) electrons. The van der Waals surface area contributed by atoms with Crippen molar-refractivity contribution in [2.24, 2.45) is 5.73 Å². The number of hydrogen-bond donors (Lipinski definition) is 1. The second kappa shape index (κ2) is 4.95. The molecule has 1 unspecified atom stereocenters. The summed E-state index contributed by atoms with van der Waals surface area (Å²) in [5, 5.41) is 0. The van der Waals surface area contributed by atoms with E-state index in [4.69, 9.17) is 10.5 Å². The maximum Gasteiger partial charge on any atom is 0.119 e. The summed E-state index contributed by atoms with van der Waals surface area (Å²) >= 11 is 0. The van der Waals surface area contributed by atoms with Crippen LogP contribution in [0.5, 0.6) is 5.75 Å². The summed E-state index contributed by atoms with van der Waals surface area (Å²) in [6, 6.07) is 14.7. The summed E-state index contributed by atoms with van der Waals surface area (Å²) < 4.78 is 5.38. The number of hydrogen-bond acceptors (Lipinski definition) is 2. The molecule has 2 heteroatoms. The van der Waals surface area contributed by atoms with E-state index in [9.17, 15) is 0 Å². The summed E-state index contributed by atoms with van der Waals surface area (Å²) in [6.07, 6.45) is 3.21. The number of methoxy groups -OCH3 is 1. The Hall–Kier alpha value is -1.80. The minimum absolute atomic E-state index is 0.395. The molecule has 2 aromatic carbocycles. The molecule has 0 bridgehead atoms. The molecule has 2 N–H and O–H groups in total. The van der Waals surface area contributed by atoms with Crippen molar-refractivity contribution in [3.05, 3.63) is 64.7 Å². The van der Waals surface area contributed by atoms with Gasteiger partial charge in [0.15, 0.2) is 0 Å². The molecular formula is C18H21NO. The van der Waals surface area contributed by atoms with Crippen LogP contribution in [0, 0.1) is 6.92 Å². The van der Waals surface area contributed by atoms with Crippen molar-refractivity contribution < 1.29 is 4.74 Å². The van der Waals surface area contributed by atoms with Gasteiger partial charge < -0.3 is 10.5 Å². The zero-order valence-corrected chi connectivity index (χ0v) is 12.1. The van der Waals surface area contributed by atoms with Crippen LogP contribution in [0.3, 0.4) is 0 Å². The molecule has 1 aliphatic rings. The SMILES string of the molecule is COc1ccc2c(c1)C(N)(c1ccccc1C)CCC2. The van der Waals surface area contributed by atoms with Crippen LogP contribution in [0.4, 0.5) is 0 Å². The Bertz CT molecular complexity index is 635. The molecule has 0 aliphatic heterocycles. The van der Waals surface area contributed by atoms with Gasteiger partial charge in [-0.3, -0.25) is 0 Å². The second-order valence-corrected chi connectivity index (χ2v) is 5.66. The molecule has 0 fully saturated rings. The average Bonchev–Trinajstić information content (AvgIpc) is 2.48. The Labute approximate surface area is 120 Å². The van der Waals surface area contributed by atoms with E-state index in [2.05, 4.69) is 43.3 Å². The molecule has 104 valence electrons. The lowest BCUT2D eigenvalue weighted by Gasteiger charge is -2.37. The van der Waals surface area contributed by atoms with Gasteiger partial charge in [-0.2, -0.15) is 0 Å². The van der Waals surface area contributed by atoms with E-state index in [1.807, 2.05) is 6.07 Å². The lowest BCUT2D eigenvalue weighted by atomic mass is 9.72. The molecule has 1 aliphatic carbocycles. The van der Waals surface area contributed by atoms with Gasteiger partial charge in [0, 0.05) is 0 Å². The first kappa shape index (κ1) is 13.2. The fourth-order valence-electron chi connectivity index (χ4n) is 3.36. The molecule has 0 heterocycles. The maximum atomic E-state index is 6.86. The van der Waals surface area contributed by atoms with Gasteiger partial charge in [-0.05, 0) is 60.6 Å². The third kappa shape index (κ3) is 2.01. The normalized spacial score (nSPS) is 21.4. The Morgan fingerprint density at radius 2 is 1.90 bits per heavy atom. The van der Waals surface area contributed by atoms with Crippen LogP contribution in [0.25, 0.3) is 0 Å². The quantitative estimate of drug-likeness (QED) is 0.903. The van der Waals surface area contributed by atoms with Crippen molar-refractivity contribution in [2.45, 2.75) is 31.7 Å². The maximum absolute atomic E-state index is 6.86.